The minimum atomic E-state index is 0.0322. The molecular weight excluding hydrogens is 300 g/mol. The zero-order valence-corrected chi connectivity index (χ0v) is 13.9. The second kappa shape index (κ2) is 6.24. The van der Waals surface area contributed by atoms with Crippen LogP contribution in [0.15, 0.2) is 35.1 Å². The lowest BCUT2D eigenvalue weighted by Crippen LogP contribution is -2.35. The average molecular weight is 322 g/mol. The van der Waals surface area contributed by atoms with Crippen LogP contribution in [-0.2, 0) is 25.9 Å². The number of rotatable bonds is 4. The van der Waals surface area contributed by atoms with Gasteiger partial charge in [-0.1, -0.05) is 25.1 Å². The van der Waals surface area contributed by atoms with Crippen LogP contribution in [0.1, 0.15) is 36.1 Å². The summed E-state index contributed by atoms with van der Waals surface area (Å²) in [6, 6.07) is 10.5. The topological polar surface area (TPSA) is 64.8 Å². The van der Waals surface area contributed by atoms with Gasteiger partial charge in [0.1, 0.15) is 5.82 Å². The minimum absolute atomic E-state index is 0.0322. The third-order valence-electron chi connectivity index (χ3n) is 4.66. The molecule has 0 saturated carbocycles. The fraction of sp³-hybridized carbons (Fsp3) is 0.368. The molecule has 0 saturated heterocycles. The molecule has 3 heterocycles. The van der Waals surface area contributed by atoms with E-state index in [1.54, 1.807) is 0 Å². The van der Waals surface area contributed by atoms with Crippen molar-refractivity contribution < 1.29 is 0 Å². The van der Waals surface area contributed by atoms with E-state index in [0.717, 1.165) is 55.0 Å². The van der Waals surface area contributed by atoms with Crippen molar-refractivity contribution in [3.05, 3.63) is 63.5 Å². The summed E-state index contributed by atoms with van der Waals surface area (Å²) in [7, 11) is 0. The second-order valence-corrected chi connectivity index (χ2v) is 6.53. The summed E-state index contributed by atoms with van der Waals surface area (Å²) in [4.78, 5) is 25.7. The molecule has 2 aromatic heterocycles. The zero-order chi connectivity index (χ0) is 16.5. The molecule has 3 aromatic rings. The van der Waals surface area contributed by atoms with Crippen LogP contribution in [0.4, 0.5) is 0 Å². The van der Waals surface area contributed by atoms with E-state index in [1.165, 1.54) is 11.1 Å². The van der Waals surface area contributed by atoms with Crippen LogP contribution in [-0.4, -0.2) is 26.4 Å². The molecule has 4 rings (SSSR count). The van der Waals surface area contributed by atoms with E-state index < -0.39 is 0 Å². The molecule has 5 nitrogen and oxygen atoms in total. The van der Waals surface area contributed by atoms with Crippen LogP contribution in [0.2, 0.25) is 0 Å². The van der Waals surface area contributed by atoms with Crippen molar-refractivity contribution >= 4 is 10.9 Å². The van der Waals surface area contributed by atoms with E-state index in [1.807, 2.05) is 6.07 Å². The number of aromatic amines is 2. The molecular formula is C19H22N4O. The van der Waals surface area contributed by atoms with Gasteiger partial charge in [0.05, 0.1) is 11.3 Å². The highest BCUT2D eigenvalue weighted by atomic mass is 16.1. The van der Waals surface area contributed by atoms with Crippen molar-refractivity contribution in [2.75, 3.05) is 6.54 Å². The fourth-order valence-corrected chi connectivity index (χ4v) is 3.48. The number of nitrogens with zero attached hydrogens (tertiary/aromatic N) is 2. The molecule has 5 heteroatoms. The summed E-state index contributed by atoms with van der Waals surface area (Å²) in [5.41, 5.74) is 4.19. The first-order chi connectivity index (χ1) is 11.7. The summed E-state index contributed by atoms with van der Waals surface area (Å²) >= 11 is 0. The van der Waals surface area contributed by atoms with E-state index >= 15 is 0 Å². The predicted octanol–water partition coefficient (Wildman–Crippen LogP) is 2.76. The molecule has 2 N–H and O–H groups in total. The summed E-state index contributed by atoms with van der Waals surface area (Å²) in [5, 5.41) is 1.23. The third-order valence-corrected chi connectivity index (χ3v) is 4.66. The SMILES string of the molecule is CCCc1nc2c(c(=O)[nH]1)CN(Cc1cc3ccccc3[nH]1)CC2. The molecule has 0 aliphatic carbocycles. The van der Waals surface area contributed by atoms with E-state index in [-0.39, 0.29) is 5.56 Å². The Morgan fingerprint density at radius 1 is 1.25 bits per heavy atom. The van der Waals surface area contributed by atoms with Crippen molar-refractivity contribution in [2.45, 2.75) is 39.3 Å². The van der Waals surface area contributed by atoms with Gasteiger partial charge < -0.3 is 9.97 Å². The first kappa shape index (κ1) is 15.1. The van der Waals surface area contributed by atoms with E-state index in [2.05, 4.69) is 51.0 Å². The summed E-state index contributed by atoms with van der Waals surface area (Å²) < 4.78 is 0. The van der Waals surface area contributed by atoms with E-state index in [4.69, 9.17) is 0 Å². The standard InChI is InChI=1S/C19H22N4O/c1-2-5-18-21-17-8-9-23(12-15(17)19(24)22-18)11-14-10-13-6-3-4-7-16(13)20-14/h3-4,6-7,10,20H,2,5,8-9,11-12H2,1H3,(H,21,22,24). The summed E-state index contributed by atoms with van der Waals surface area (Å²) in [5.74, 6) is 0.824. The van der Waals surface area contributed by atoms with Crippen molar-refractivity contribution in [1.29, 1.82) is 0 Å². The van der Waals surface area contributed by atoms with Crippen molar-refractivity contribution in [3.8, 4) is 0 Å². The lowest BCUT2D eigenvalue weighted by Gasteiger charge is -2.27. The first-order valence-electron chi connectivity index (χ1n) is 8.63. The highest BCUT2D eigenvalue weighted by Crippen LogP contribution is 2.19. The van der Waals surface area contributed by atoms with Crippen LogP contribution in [0.25, 0.3) is 10.9 Å². The smallest absolute Gasteiger partial charge is 0.255 e. The lowest BCUT2D eigenvalue weighted by molar-refractivity contribution is 0.239. The van der Waals surface area contributed by atoms with Crippen LogP contribution >= 0.6 is 0 Å². The molecule has 1 aliphatic rings. The number of H-pyrrole nitrogens is 2. The third kappa shape index (κ3) is 2.87. The predicted molar refractivity (Wildman–Crippen MR) is 95.0 cm³/mol. The number of benzene rings is 1. The number of hydrogen-bond donors (Lipinski definition) is 2. The number of fused-ring (bicyclic) bond motifs is 2. The van der Waals surface area contributed by atoms with E-state index in [9.17, 15) is 4.79 Å². The van der Waals surface area contributed by atoms with Gasteiger partial charge in [0, 0.05) is 43.7 Å². The molecule has 0 radical (unpaired) electrons. The molecule has 124 valence electrons. The van der Waals surface area contributed by atoms with Gasteiger partial charge in [0.25, 0.3) is 5.56 Å². The van der Waals surface area contributed by atoms with Crippen LogP contribution in [0.5, 0.6) is 0 Å². The number of para-hydroxylation sites is 1. The van der Waals surface area contributed by atoms with Crippen LogP contribution in [0.3, 0.4) is 0 Å². The second-order valence-electron chi connectivity index (χ2n) is 6.53. The monoisotopic (exact) mass is 322 g/mol. The minimum Gasteiger partial charge on any atom is -0.357 e. The highest BCUT2D eigenvalue weighted by Gasteiger charge is 2.21. The normalized spacial score (nSPS) is 14.9. The van der Waals surface area contributed by atoms with Crippen molar-refractivity contribution in [2.24, 2.45) is 0 Å². The molecule has 0 fully saturated rings. The molecule has 1 aromatic carbocycles. The molecule has 24 heavy (non-hydrogen) atoms. The number of aromatic nitrogens is 3. The number of nitrogens with one attached hydrogen (secondary N) is 2. The van der Waals surface area contributed by atoms with Crippen LogP contribution in [0, 0.1) is 0 Å². The highest BCUT2D eigenvalue weighted by molar-refractivity contribution is 5.80. The van der Waals surface area contributed by atoms with Gasteiger partial charge in [0.15, 0.2) is 0 Å². The quantitative estimate of drug-likeness (QED) is 0.776. The Morgan fingerprint density at radius 3 is 2.96 bits per heavy atom. The summed E-state index contributed by atoms with van der Waals surface area (Å²) in [6.07, 6.45) is 2.67. The van der Waals surface area contributed by atoms with Gasteiger partial charge in [-0.15, -0.1) is 0 Å². The van der Waals surface area contributed by atoms with Gasteiger partial charge in [-0.05, 0) is 23.9 Å². The fourth-order valence-electron chi connectivity index (χ4n) is 3.48. The molecule has 0 amide bonds. The molecule has 0 bridgehead atoms. The Kier molecular flexibility index (Phi) is 3.94. The maximum absolute atomic E-state index is 12.4. The van der Waals surface area contributed by atoms with Gasteiger partial charge in [-0.2, -0.15) is 0 Å². The largest absolute Gasteiger partial charge is 0.357 e. The summed E-state index contributed by atoms with van der Waals surface area (Å²) in [6.45, 7) is 4.52. The molecule has 0 unspecified atom stereocenters. The Bertz CT molecular complexity index is 892. The maximum atomic E-state index is 12.4. The van der Waals surface area contributed by atoms with Gasteiger partial charge in [-0.3, -0.25) is 9.69 Å². The average Bonchev–Trinajstić information content (AvgIpc) is 2.98. The molecule has 0 atom stereocenters. The Hall–Kier alpha value is -2.40. The lowest BCUT2D eigenvalue weighted by atomic mass is 10.1. The number of hydrogen-bond acceptors (Lipinski definition) is 3. The maximum Gasteiger partial charge on any atom is 0.255 e. The molecule has 1 aliphatic heterocycles. The van der Waals surface area contributed by atoms with Crippen molar-refractivity contribution in [3.63, 3.8) is 0 Å². The number of aryl methyl sites for hydroxylation is 1. The molecule has 0 spiro atoms. The van der Waals surface area contributed by atoms with Crippen LogP contribution < -0.4 is 5.56 Å². The Morgan fingerprint density at radius 2 is 2.12 bits per heavy atom. The Balaban J connectivity index is 1.54. The first-order valence-corrected chi connectivity index (χ1v) is 8.63. The van der Waals surface area contributed by atoms with Gasteiger partial charge in [0.2, 0.25) is 0 Å². The van der Waals surface area contributed by atoms with E-state index in [0.29, 0.717) is 6.54 Å². The zero-order valence-electron chi connectivity index (χ0n) is 13.9. The van der Waals surface area contributed by atoms with Gasteiger partial charge in [-0.25, -0.2) is 4.98 Å². The Labute approximate surface area is 140 Å². The van der Waals surface area contributed by atoms with Crippen molar-refractivity contribution in [1.82, 2.24) is 19.9 Å². The van der Waals surface area contributed by atoms with Gasteiger partial charge >= 0.3 is 0 Å².